The van der Waals surface area contributed by atoms with E-state index in [0.717, 1.165) is 47.5 Å². The number of hydrogen-bond acceptors (Lipinski definition) is 11. The van der Waals surface area contributed by atoms with Gasteiger partial charge in [-0.15, -0.1) is 0 Å². The summed E-state index contributed by atoms with van der Waals surface area (Å²) in [5.41, 5.74) is 3.24. The molecule has 4 aromatic carbocycles. The number of morpholine rings is 1. The van der Waals surface area contributed by atoms with E-state index in [1.807, 2.05) is 68.4 Å². The number of carbonyl (C=O) groups is 2. The number of urea groups is 1. The Kier molecular flexibility index (Phi) is 12.1. The number of benzene rings is 4. The van der Waals surface area contributed by atoms with E-state index in [1.165, 1.54) is 6.33 Å². The molecule has 57 heavy (non-hydrogen) atoms. The minimum atomic E-state index is -0.434. The molecule has 4 N–H and O–H groups in total. The lowest BCUT2D eigenvalue weighted by atomic mass is 10.1. The van der Waals surface area contributed by atoms with Crippen LogP contribution in [0.4, 0.5) is 27.8 Å². The van der Waals surface area contributed by atoms with Gasteiger partial charge in [-0.2, -0.15) is 5.10 Å². The second-order valence-corrected chi connectivity index (χ2v) is 13.6. The second kappa shape index (κ2) is 17.8. The molecule has 0 radical (unpaired) electrons. The zero-order chi connectivity index (χ0) is 39.7. The van der Waals surface area contributed by atoms with E-state index >= 15 is 0 Å². The third kappa shape index (κ3) is 9.58. The average molecular weight is 772 g/mol. The van der Waals surface area contributed by atoms with Crippen molar-refractivity contribution in [1.82, 2.24) is 30.0 Å². The molecule has 0 spiro atoms. The summed E-state index contributed by atoms with van der Waals surface area (Å²) in [5, 5.41) is 18.5. The Morgan fingerprint density at radius 1 is 0.842 bits per heavy atom. The Hall–Kier alpha value is -6.71. The fraction of sp³-hybridized carbons (Fsp3) is 0.262. The first-order valence-corrected chi connectivity index (χ1v) is 18.6. The maximum Gasteiger partial charge on any atom is 0.324 e. The van der Waals surface area contributed by atoms with Crippen molar-refractivity contribution >= 4 is 45.7 Å². The molecule has 294 valence electrons. The van der Waals surface area contributed by atoms with Crippen LogP contribution in [0.3, 0.4) is 0 Å². The zero-order valence-corrected chi connectivity index (χ0v) is 32.2. The fourth-order valence-electron chi connectivity index (χ4n) is 6.33. The Morgan fingerprint density at radius 3 is 2.37 bits per heavy atom. The van der Waals surface area contributed by atoms with Crippen LogP contribution in [0.5, 0.6) is 23.1 Å². The molecular weight excluding hydrogens is 727 g/mol. The Labute approximate surface area is 330 Å². The minimum absolute atomic E-state index is 0.148. The van der Waals surface area contributed by atoms with Crippen LogP contribution in [-0.2, 0) is 4.74 Å². The normalized spacial score (nSPS) is 12.9. The molecule has 2 aromatic heterocycles. The SMILES string of the molecule is COc1ccc(-n2nc(C(C)C)cc2NC(=O)Nc2ccc(Oc3cc(Nc4cc(OC)cc(C(=O)NCCN5CCOCC5)c4)ncn3)c3ccccc23)cc1. The van der Waals surface area contributed by atoms with Gasteiger partial charge in [-0.1, -0.05) is 38.1 Å². The predicted octanol–water partition coefficient (Wildman–Crippen LogP) is 7.20. The van der Waals surface area contributed by atoms with Crippen LogP contribution >= 0.6 is 0 Å². The number of hydrogen-bond donors (Lipinski definition) is 4. The molecule has 3 amide bonds. The number of aromatic nitrogens is 4. The van der Waals surface area contributed by atoms with Gasteiger partial charge in [-0.3, -0.25) is 15.0 Å². The van der Waals surface area contributed by atoms with E-state index < -0.39 is 6.03 Å². The van der Waals surface area contributed by atoms with Gasteiger partial charge >= 0.3 is 6.03 Å². The Balaban J connectivity index is 1.04. The lowest BCUT2D eigenvalue weighted by molar-refractivity contribution is 0.0383. The summed E-state index contributed by atoms with van der Waals surface area (Å²) in [6.07, 6.45) is 1.39. The smallest absolute Gasteiger partial charge is 0.324 e. The maximum atomic E-state index is 13.5. The van der Waals surface area contributed by atoms with Crippen molar-refractivity contribution in [2.75, 3.05) is 69.6 Å². The van der Waals surface area contributed by atoms with Crippen LogP contribution in [0, 0.1) is 0 Å². The third-order valence-corrected chi connectivity index (χ3v) is 9.36. The number of nitrogens with one attached hydrogen (secondary N) is 4. The van der Waals surface area contributed by atoms with Gasteiger partial charge in [0, 0.05) is 66.4 Å². The fourth-order valence-corrected chi connectivity index (χ4v) is 6.33. The van der Waals surface area contributed by atoms with E-state index in [4.69, 9.17) is 24.0 Å². The number of fused-ring (bicyclic) bond motifs is 1. The highest BCUT2D eigenvalue weighted by Gasteiger charge is 2.18. The molecule has 0 unspecified atom stereocenters. The van der Waals surface area contributed by atoms with Gasteiger partial charge < -0.3 is 34.9 Å². The lowest BCUT2D eigenvalue weighted by Crippen LogP contribution is -2.41. The van der Waals surface area contributed by atoms with Crippen molar-refractivity contribution < 1.29 is 28.5 Å². The van der Waals surface area contributed by atoms with Gasteiger partial charge in [-0.05, 0) is 54.4 Å². The number of nitrogens with zero attached hydrogens (tertiary/aromatic N) is 5. The molecule has 15 heteroatoms. The molecule has 0 aliphatic carbocycles. The van der Waals surface area contributed by atoms with Crippen LogP contribution < -0.4 is 35.5 Å². The van der Waals surface area contributed by atoms with Gasteiger partial charge in [0.1, 0.15) is 35.2 Å². The average Bonchev–Trinajstić information content (AvgIpc) is 3.66. The summed E-state index contributed by atoms with van der Waals surface area (Å²) >= 11 is 0. The lowest BCUT2D eigenvalue weighted by Gasteiger charge is -2.26. The van der Waals surface area contributed by atoms with Crippen molar-refractivity contribution in [2.24, 2.45) is 0 Å². The number of anilines is 4. The van der Waals surface area contributed by atoms with Gasteiger partial charge in [0.25, 0.3) is 5.91 Å². The predicted molar refractivity (Wildman–Crippen MR) is 219 cm³/mol. The van der Waals surface area contributed by atoms with Crippen LogP contribution in [-0.4, -0.2) is 90.2 Å². The van der Waals surface area contributed by atoms with Crippen LogP contribution in [0.25, 0.3) is 16.5 Å². The molecule has 15 nitrogen and oxygen atoms in total. The van der Waals surface area contributed by atoms with Crippen LogP contribution in [0.2, 0.25) is 0 Å². The standard InChI is InChI=1S/C42H45N9O6/c1-27(2)36-24-39(51(49-36)30-9-11-31(54-3)12-10-30)48-42(53)47-35-13-14-37(34-8-6-5-7-33(34)35)57-40-25-38(44-26-45-40)46-29-21-28(22-32(23-29)55-4)41(52)43-15-16-50-17-19-56-20-18-50/h5-14,21-27H,15-20H2,1-4H3,(H,43,52)(H,44,45,46)(H2,47,48,53). The van der Waals surface area contributed by atoms with Gasteiger partial charge in [0.15, 0.2) is 0 Å². The first-order chi connectivity index (χ1) is 27.8. The van der Waals surface area contributed by atoms with Crippen molar-refractivity contribution in [1.29, 1.82) is 0 Å². The zero-order valence-electron chi connectivity index (χ0n) is 32.2. The molecule has 1 aliphatic rings. The Morgan fingerprint density at radius 2 is 1.61 bits per heavy atom. The third-order valence-electron chi connectivity index (χ3n) is 9.36. The molecule has 0 bridgehead atoms. The van der Waals surface area contributed by atoms with Gasteiger partial charge in [-0.25, -0.2) is 19.4 Å². The highest BCUT2D eigenvalue weighted by molar-refractivity contribution is 6.07. The number of rotatable bonds is 14. The Bertz CT molecular complexity index is 2340. The van der Waals surface area contributed by atoms with Gasteiger partial charge in [0.2, 0.25) is 5.88 Å². The van der Waals surface area contributed by atoms with Crippen molar-refractivity contribution in [3.05, 3.63) is 109 Å². The largest absolute Gasteiger partial charge is 0.497 e. The number of carbonyl (C=O) groups excluding carboxylic acids is 2. The molecule has 0 saturated carbocycles. The van der Waals surface area contributed by atoms with E-state index in [1.54, 1.807) is 55.3 Å². The number of methoxy groups -OCH3 is 2. The van der Waals surface area contributed by atoms with E-state index in [0.29, 0.717) is 59.8 Å². The minimum Gasteiger partial charge on any atom is -0.497 e. The number of ether oxygens (including phenoxy) is 4. The van der Waals surface area contributed by atoms with Crippen molar-refractivity contribution in [3.63, 3.8) is 0 Å². The summed E-state index contributed by atoms with van der Waals surface area (Å²) in [7, 11) is 3.16. The van der Waals surface area contributed by atoms with Crippen molar-refractivity contribution in [3.8, 4) is 28.8 Å². The number of amides is 3. The first kappa shape index (κ1) is 38.6. The summed E-state index contributed by atoms with van der Waals surface area (Å²) in [6.45, 7) is 8.47. The summed E-state index contributed by atoms with van der Waals surface area (Å²) in [4.78, 5) is 37.5. The molecule has 1 fully saturated rings. The molecular formula is C42H45N9O6. The quantitative estimate of drug-likeness (QED) is 0.0885. The summed E-state index contributed by atoms with van der Waals surface area (Å²) in [6, 6.07) is 26.9. The highest BCUT2D eigenvalue weighted by atomic mass is 16.5. The molecule has 7 rings (SSSR count). The van der Waals surface area contributed by atoms with E-state index in [2.05, 4.69) is 36.1 Å². The summed E-state index contributed by atoms with van der Waals surface area (Å²) < 4.78 is 24.2. The summed E-state index contributed by atoms with van der Waals surface area (Å²) in [5.74, 6) is 2.95. The molecule has 1 saturated heterocycles. The van der Waals surface area contributed by atoms with Crippen LogP contribution in [0.15, 0.2) is 97.3 Å². The topological polar surface area (TPSA) is 166 Å². The van der Waals surface area contributed by atoms with Crippen LogP contribution in [0.1, 0.15) is 35.8 Å². The highest BCUT2D eigenvalue weighted by Crippen LogP contribution is 2.35. The second-order valence-electron chi connectivity index (χ2n) is 13.6. The van der Waals surface area contributed by atoms with Crippen molar-refractivity contribution in [2.45, 2.75) is 19.8 Å². The van der Waals surface area contributed by atoms with Gasteiger partial charge in [0.05, 0.1) is 44.5 Å². The molecule has 6 aromatic rings. The van der Waals surface area contributed by atoms with E-state index in [-0.39, 0.29) is 17.7 Å². The molecule has 3 heterocycles. The molecule has 0 atom stereocenters. The maximum absolute atomic E-state index is 13.5. The monoisotopic (exact) mass is 771 g/mol. The first-order valence-electron chi connectivity index (χ1n) is 18.6. The van der Waals surface area contributed by atoms with E-state index in [9.17, 15) is 9.59 Å². The molecule has 1 aliphatic heterocycles.